The maximum atomic E-state index is 11.1. The number of hydrogen-bond acceptors (Lipinski definition) is 6. The van der Waals surface area contributed by atoms with E-state index in [1.54, 1.807) is 0 Å². The first-order chi connectivity index (χ1) is 9.19. The van der Waals surface area contributed by atoms with Gasteiger partial charge in [-0.3, -0.25) is 4.79 Å². The van der Waals surface area contributed by atoms with Gasteiger partial charge in [-0.25, -0.2) is 0 Å². The number of H-pyrrole nitrogens is 1. The minimum atomic E-state index is -0.295. The normalized spacial score (nSPS) is 12.1. The number of nitrogens with one attached hydrogen (secondary N) is 1. The second kappa shape index (κ2) is 6.05. The lowest BCUT2D eigenvalue weighted by Gasteiger charge is -2.10. The highest BCUT2D eigenvalue weighted by Crippen LogP contribution is 2.15. The van der Waals surface area contributed by atoms with Crippen molar-refractivity contribution in [2.75, 3.05) is 7.11 Å². The van der Waals surface area contributed by atoms with Crippen LogP contribution in [0.15, 0.2) is 24.3 Å². The summed E-state index contributed by atoms with van der Waals surface area (Å²) >= 11 is 0. The molecule has 0 saturated carbocycles. The van der Waals surface area contributed by atoms with Gasteiger partial charge < -0.3 is 10.5 Å². The number of nitrogens with two attached hydrogens (primary N) is 1. The van der Waals surface area contributed by atoms with Crippen LogP contribution in [0.3, 0.4) is 0 Å². The Morgan fingerprint density at radius 2 is 2.16 bits per heavy atom. The summed E-state index contributed by atoms with van der Waals surface area (Å²) < 4.78 is 4.58. The van der Waals surface area contributed by atoms with Crippen LogP contribution in [0.4, 0.5) is 0 Å². The Balaban J connectivity index is 1.97. The van der Waals surface area contributed by atoms with Gasteiger partial charge in [0.2, 0.25) is 5.82 Å². The van der Waals surface area contributed by atoms with Gasteiger partial charge in [0, 0.05) is 11.6 Å². The first kappa shape index (κ1) is 13.2. The van der Waals surface area contributed by atoms with Gasteiger partial charge in [-0.15, -0.1) is 10.2 Å². The zero-order valence-corrected chi connectivity index (χ0v) is 10.5. The molecule has 0 aliphatic carbocycles. The van der Waals surface area contributed by atoms with E-state index in [2.05, 4.69) is 25.4 Å². The van der Waals surface area contributed by atoms with E-state index in [4.69, 9.17) is 5.73 Å². The van der Waals surface area contributed by atoms with Crippen LogP contribution < -0.4 is 5.73 Å². The molecule has 19 heavy (non-hydrogen) atoms. The van der Waals surface area contributed by atoms with Crippen molar-refractivity contribution in [2.24, 2.45) is 5.73 Å². The zero-order valence-electron chi connectivity index (χ0n) is 10.5. The fraction of sp³-hybridized carbons (Fsp3) is 0.333. The number of aromatic amines is 1. The Kier molecular flexibility index (Phi) is 4.19. The number of aromatic nitrogens is 4. The molecule has 1 atom stereocenters. The summed E-state index contributed by atoms with van der Waals surface area (Å²) in [4.78, 5) is 11.1. The highest BCUT2D eigenvalue weighted by molar-refractivity contribution is 5.69. The van der Waals surface area contributed by atoms with Gasteiger partial charge >= 0.3 is 5.97 Å². The topological polar surface area (TPSA) is 107 Å². The van der Waals surface area contributed by atoms with Crippen molar-refractivity contribution in [3.8, 4) is 11.4 Å². The number of benzene rings is 1. The number of methoxy groups -OCH3 is 1. The Morgan fingerprint density at radius 3 is 2.74 bits per heavy atom. The predicted octanol–water partition coefficient (Wildman–Crippen LogP) is 0.300. The molecular weight excluding hydrogens is 246 g/mol. The molecule has 7 heteroatoms. The Hall–Kier alpha value is -2.28. The van der Waals surface area contributed by atoms with Gasteiger partial charge in [0.15, 0.2) is 0 Å². The van der Waals surface area contributed by atoms with E-state index < -0.39 is 0 Å². The van der Waals surface area contributed by atoms with E-state index in [9.17, 15) is 4.79 Å². The summed E-state index contributed by atoms with van der Waals surface area (Å²) in [6.45, 7) is 0. The molecule has 1 aromatic carbocycles. The molecular formula is C12H15N5O2. The lowest BCUT2D eigenvalue weighted by atomic mass is 10.0. The minimum Gasteiger partial charge on any atom is -0.469 e. The van der Waals surface area contributed by atoms with Crippen LogP contribution in [0.5, 0.6) is 0 Å². The molecule has 100 valence electrons. The third-order valence-corrected chi connectivity index (χ3v) is 2.71. The van der Waals surface area contributed by atoms with E-state index in [0.29, 0.717) is 12.2 Å². The maximum absolute atomic E-state index is 11.1. The zero-order chi connectivity index (χ0) is 13.7. The summed E-state index contributed by atoms with van der Waals surface area (Å²) in [5, 5.41) is 13.7. The van der Waals surface area contributed by atoms with E-state index in [0.717, 1.165) is 11.1 Å². The molecule has 0 aliphatic rings. The highest BCUT2D eigenvalue weighted by Gasteiger charge is 2.10. The Labute approximate surface area is 110 Å². The number of ether oxygens (including phenoxy) is 1. The van der Waals surface area contributed by atoms with Crippen molar-refractivity contribution < 1.29 is 9.53 Å². The van der Waals surface area contributed by atoms with Crippen molar-refractivity contribution in [3.63, 3.8) is 0 Å². The molecule has 0 aliphatic heterocycles. The summed E-state index contributed by atoms with van der Waals surface area (Å²) in [6, 6.07) is 7.41. The molecule has 1 heterocycles. The SMILES string of the molecule is COC(=O)C[C@@H](N)Cc1ccc(-c2nn[nH]n2)cc1. The standard InChI is InChI=1S/C12H15N5O2/c1-19-11(18)7-10(13)6-8-2-4-9(5-3-8)12-14-16-17-15-12/h2-5,10H,6-7,13H2,1H3,(H,14,15,16,17)/t10-/m0/s1. The van der Waals surface area contributed by atoms with Crippen LogP contribution in [-0.2, 0) is 16.0 Å². The lowest BCUT2D eigenvalue weighted by Crippen LogP contribution is -2.26. The third-order valence-electron chi connectivity index (χ3n) is 2.71. The summed E-state index contributed by atoms with van der Waals surface area (Å²) in [7, 11) is 1.36. The van der Waals surface area contributed by atoms with E-state index in [1.165, 1.54) is 7.11 Å². The van der Waals surface area contributed by atoms with Gasteiger partial charge in [0.25, 0.3) is 0 Å². The Morgan fingerprint density at radius 1 is 1.42 bits per heavy atom. The van der Waals surface area contributed by atoms with Crippen LogP contribution in [0.2, 0.25) is 0 Å². The van der Waals surface area contributed by atoms with Crippen LogP contribution in [0.25, 0.3) is 11.4 Å². The largest absolute Gasteiger partial charge is 0.469 e. The van der Waals surface area contributed by atoms with Crippen molar-refractivity contribution >= 4 is 5.97 Å². The fourth-order valence-corrected chi connectivity index (χ4v) is 1.75. The van der Waals surface area contributed by atoms with E-state index in [-0.39, 0.29) is 18.4 Å². The molecule has 0 bridgehead atoms. The molecule has 2 rings (SSSR count). The van der Waals surface area contributed by atoms with Crippen molar-refractivity contribution in [1.29, 1.82) is 0 Å². The van der Waals surface area contributed by atoms with E-state index in [1.807, 2.05) is 24.3 Å². The molecule has 0 amide bonds. The van der Waals surface area contributed by atoms with Gasteiger partial charge in [-0.05, 0) is 17.2 Å². The smallest absolute Gasteiger partial charge is 0.307 e. The molecule has 0 radical (unpaired) electrons. The number of rotatable bonds is 5. The number of tetrazole rings is 1. The second-order valence-corrected chi connectivity index (χ2v) is 4.18. The molecule has 2 aromatic rings. The summed E-state index contributed by atoms with van der Waals surface area (Å²) in [6.07, 6.45) is 0.824. The molecule has 0 saturated heterocycles. The maximum Gasteiger partial charge on any atom is 0.307 e. The molecule has 1 aromatic heterocycles. The van der Waals surface area contributed by atoms with Crippen LogP contribution in [-0.4, -0.2) is 39.7 Å². The molecule has 7 nitrogen and oxygen atoms in total. The minimum absolute atomic E-state index is 0.211. The fourth-order valence-electron chi connectivity index (χ4n) is 1.75. The number of esters is 1. The quantitative estimate of drug-likeness (QED) is 0.750. The molecule has 0 spiro atoms. The van der Waals surface area contributed by atoms with Gasteiger partial charge in [0.1, 0.15) is 0 Å². The van der Waals surface area contributed by atoms with Crippen LogP contribution in [0.1, 0.15) is 12.0 Å². The third kappa shape index (κ3) is 3.59. The summed E-state index contributed by atoms with van der Waals surface area (Å²) in [5.74, 6) is 0.251. The first-order valence-corrected chi connectivity index (χ1v) is 5.84. The van der Waals surface area contributed by atoms with Crippen molar-refractivity contribution in [3.05, 3.63) is 29.8 Å². The van der Waals surface area contributed by atoms with E-state index >= 15 is 0 Å². The average Bonchev–Trinajstić information content (AvgIpc) is 2.93. The average molecular weight is 261 g/mol. The Bertz CT molecular complexity index is 524. The number of carbonyl (C=O) groups excluding carboxylic acids is 1. The number of nitrogens with zero attached hydrogens (tertiary/aromatic N) is 3. The van der Waals surface area contributed by atoms with Gasteiger partial charge in [0.05, 0.1) is 13.5 Å². The van der Waals surface area contributed by atoms with Gasteiger partial charge in [-0.2, -0.15) is 5.21 Å². The van der Waals surface area contributed by atoms with Crippen molar-refractivity contribution in [1.82, 2.24) is 20.6 Å². The highest BCUT2D eigenvalue weighted by atomic mass is 16.5. The number of hydrogen-bond donors (Lipinski definition) is 2. The summed E-state index contributed by atoms with van der Waals surface area (Å²) in [5.41, 5.74) is 7.79. The lowest BCUT2D eigenvalue weighted by molar-refractivity contribution is -0.140. The van der Waals surface area contributed by atoms with Crippen LogP contribution >= 0.6 is 0 Å². The monoisotopic (exact) mass is 261 g/mol. The van der Waals surface area contributed by atoms with Crippen LogP contribution in [0, 0.1) is 0 Å². The number of carbonyl (C=O) groups is 1. The predicted molar refractivity (Wildman–Crippen MR) is 67.9 cm³/mol. The van der Waals surface area contributed by atoms with Crippen molar-refractivity contribution in [2.45, 2.75) is 18.9 Å². The van der Waals surface area contributed by atoms with Gasteiger partial charge in [-0.1, -0.05) is 24.3 Å². The molecule has 0 unspecified atom stereocenters. The molecule has 3 N–H and O–H groups in total. The second-order valence-electron chi connectivity index (χ2n) is 4.18. The first-order valence-electron chi connectivity index (χ1n) is 5.84. The molecule has 0 fully saturated rings.